The molecule has 7 heteroatoms. The Kier molecular flexibility index (Phi) is 5.25. The van der Waals surface area contributed by atoms with E-state index in [-0.39, 0.29) is 6.54 Å². The van der Waals surface area contributed by atoms with E-state index in [1.165, 1.54) is 0 Å². The maximum Gasteiger partial charge on any atom is 0.400 e. The van der Waals surface area contributed by atoms with Crippen molar-refractivity contribution >= 4 is 5.84 Å². The molecule has 1 fully saturated rings. The summed E-state index contributed by atoms with van der Waals surface area (Å²) in [7, 11) is 0. The third kappa shape index (κ3) is 4.72. The first-order chi connectivity index (χ1) is 8.38. The van der Waals surface area contributed by atoms with Crippen LogP contribution in [-0.2, 0) is 0 Å². The van der Waals surface area contributed by atoms with E-state index in [1.54, 1.807) is 4.90 Å². The topological polar surface area (TPSA) is 61.8 Å². The maximum absolute atomic E-state index is 12.8. The molecule has 0 bridgehead atoms. The molecule has 1 unspecified atom stereocenters. The Balaban J connectivity index is 2.65. The summed E-state index contributed by atoms with van der Waals surface area (Å²) < 4.78 is 38.4. The van der Waals surface area contributed by atoms with Gasteiger partial charge in [0.05, 0.1) is 0 Å². The zero-order valence-electron chi connectivity index (χ0n) is 10.5. The third-order valence-corrected chi connectivity index (χ3v) is 3.06. The van der Waals surface area contributed by atoms with Crippen molar-refractivity contribution < 1.29 is 18.4 Å². The van der Waals surface area contributed by atoms with E-state index < -0.39 is 17.9 Å². The number of rotatable bonds is 7. The molecule has 0 aromatic rings. The molecule has 0 heterocycles. The number of amidine groups is 1. The monoisotopic (exact) mass is 267 g/mol. The van der Waals surface area contributed by atoms with Crippen molar-refractivity contribution in [2.24, 2.45) is 22.7 Å². The van der Waals surface area contributed by atoms with Gasteiger partial charge in [-0.15, -0.1) is 0 Å². The number of halogens is 3. The SMILES string of the molecule is CCCN(CC1CC1)CC(C(N)=NO)C(F)(F)F. The van der Waals surface area contributed by atoms with Crippen LogP contribution in [0.15, 0.2) is 5.16 Å². The highest BCUT2D eigenvalue weighted by Gasteiger charge is 2.44. The minimum Gasteiger partial charge on any atom is -0.409 e. The van der Waals surface area contributed by atoms with Gasteiger partial charge in [-0.1, -0.05) is 12.1 Å². The van der Waals surface area contributed by atoms with Crippen molar-refractivity contribution in [2.75, 3.05) is 19.6 Å². The van der Waals surface area contributed by atoms with Crippen LogP contribution >= 0.6 is 0 Å². The molecule has 1 rings (SSSR count). The summed E-state index contributed by atoms with van der Waals surface area (Å²) >= 11 is 0. The molecule has 1 atom stereocenters. The van der Waals surface area contributed by atoms with Crippen LogP contribution in [0.5, 0.6) is 0 Å². The zero-order valence-corrected chi connectivity index (χ0v) is 10.5. The first-order valence-corrected chi connectivity index (χ1v) is 6.15. The third-order valence-electron chi connectivity index (χ3n) is 3.06. The van der Waals surface area contributed by atoms with Crippen LogP contribution in [0.1, 0.15) is 26.2 Å². The number of alkyl halides is 3. The van der Waals surface area contributed by atoms with Crippen molar-refractivity contribution in [3.05, 3.63) is 0 Å². The van der Waals surface area contributed by atoms with E-state index in [4.69, 9.17) is 10.9 Å². The van der Waals surface area contributed by atoms with Gasteiger partial charge in [-0.05, 0) is 31.7 Å². The van der Waals surface area contributed by atoms with Gasteiger partial charge in [0, 0.05) is 13.1 Å². The highest BCUT2D eigenvalue weighted by atomic mass is 19.4. The van der Waals surface area contributed by atoms with Gasteiger partial charge >= 0.3 is 6.18 Å². The summed E-state index contributed by atoms with van der Waals surface area (Å²) in [5.41, 5.74) is 5.15. The molecule has 0 saturated heterocycles. The lowest BCUT2D eigenvalue weighted by molar-refractivity contribution is -0.160. The fourth-order valence-electron chi connectivity index (χ4n) is 1.93. The van der Waals surface area contributed by atoms with Gasteiger partial charge in [-0.25, -0.2) is 0 Å². The van der Waals surface area contributed by atoms with E-state index in [0.717, 1.165) is 19.3 Å². The minimum atomic E-state index is -4.48. The second-order valence-corrected chi connectivity index (χ2v) is 4.82. The highest BCUT2D eigenvalue weighted by Crippen LogP contribution is 2.32. The predicted molar refractivity (Wildman–Crippen MR) is 62.4 cm³/mol. The Hall–Kier alpha value is -0.980. The fraction of sp³-hybridized carbons (Fsp3) is 0.909. The normalized spacial score (nSPS) is 19.3. The molecular weight excluding hydrogens is 247 g/mol. The quantitative estimate of drug-likeness (QED) is 0.321. The summed E-state index contributed by atoms with van der Waals surface area (Å²) in [5.74, 6) is -2.15. The molecule has 4 nitrogen and oxygen atoms in total. The van der Waals surface area contributed by atoms with Gasteiger partial charge in [0.15, 0.2) is 5.84 Å². The zero-order chi connectivity index (χ0) is 13.8. The van der Waals surface area contributed by atoms with Crippen LogP contribution in [0, 0.1) is 11.8 Å². The summed E-state index contributed by atoms with van der Waals surface area (Å²) in [5, 5.41) is 11.0. The Morgan fingerprint density at radius 2 is 2.11 bits per heavy atom. The van der Waals surface area contributed by atoms with Crippen molar-refractivity contribution in [1.29, 1.82) is 0 Å². The second-order valence-electron chi connectivity index (χ2n) is 4.82. The Morgan fingerprint density at radius 3 is 2.50 bits per heavy atom. The van der Waals surface area contributed by atoms with Crippen LogP contribution in [0.4, 0.5) is 13.2 Å². The van der Waals surface area contributed by atoms with Crippen molar-refractivity contribution in [3.8, 4) is 0 Å². The summed E-state index contributed by atoms with van der Waals surface area (Å²) in [6.07, 6.45) is -1.53. The number of hydrogen-bond acceptors (Lipinski definition) is 3. The molecule has 0 amide bonds. The lowest BCUT2D eigenvalue weighted by Gasteiger charge is -2.27. The highest BCUT2D eigenvalue weighted by molar-refractivity contribution is 5.83. The maximum atomic E-state index is 12.8. The molecule has 0 aromatic carbocycles. The van der Waals surface area contributed by atoms with Crippen LogP contribution < -0.4 is 5.73 Å². The van der Waals surface area contributed by atoms with Crippen molar-refractivity contribution in [1.82, 2.24) is 4.90 Å². The minimum absolute atomic E-state index is 0.232. The standard InChI is InChI=1S/C11H20F3N3O/c1-2-5-17(6-8-3-4-8)7-9(10(15)16-18)11(12,13)14/h8-9,18H,2-7H2,1H3,(H2,15,16). The van der Waals surface area contributed by atoms with Gasteiger partial charge in [0.2, 0.25) is 0 Å². The summed E-state index contributed by atoms with van der Waals surface area (Å²) in [6.45, 7) is 2.95. The largest absolute Gasteiger partial charge is 0.409 e. The number of oxime groups is 1. The molecule has 106 valence electrons. The van der Waals surface area contributed by atoms with E-state index in [1.807, 2.05) is 6.92 Å². The second kappa shape index (κ2) is 6.26. The Morgan fingerprint density at radius 1 is 1.50 bits per heavy atom. The number of hydrogen-bond donors (Lipinski definition) is 2. The fourth-order valence-corrected chi connectivity index (χ4v) is 1.93. The van der Waals surface area contributed by atoms with Crippen LogP contribution in [0.2, 0.25) is 0 Å². The van der Waals surface area contributed by atoms with E-state index in [9.17, 15) is 13.2 Å². The molecule has 0 aliphatic heterocycles. The molecule has 0 spiro atoms. The first-order valence-electron chi connectivity index (χ1n) is 6.15. The van der Waals surface area contributed by atoms with E-state index >= 15 is 0 Å². The first kappa shape index (κ1) is 15.1. The lowest BCUT2D eigenvalue weighted by atomic mass is 10.1. The van der Waals surface area contributed by atoms with Gasteiger partial charge in [0.25, 0.3) is 0 Å². The van der Waals surface area contributed by atoms with Crippen LogP contribution in [-0.4, -0.2) is 41.8 Å². The van der Waals surface area contributed by atoms with Crippen molar-refractivity contribution in [3.63, 3.8) is 0 Å². The molecule has 0 aromatic heterocycles. The van der Waals surface area contributed by atoms with E-state index in [2.05, 4.69) is 5.16 Å². The average molecular weight is 267 g/mol. The van der Waals surface area contributed by atoms with Gasteiger partial charge in [0.1, 0.15) is 5.92 Å². The molecule has 18 heavy (non-hydrogen) atoms. The molecule has 1 aliphatic carbocycles. The van der Waals surface area contributed by atoms with Crippen LogP contribution in [0.3, 0.4) is 0 Å². The van der Waals surface area contributed by atoms with Gasteiger partial charge in [-0.2, -0.15) is 13.2 Å². The van der Waals surface area contributed by atoms with E-state index in [0.29, 0.717) is 19.0 Å². The molecule has 1 aliphatic rings. The van der Waals surface area contributed by atoms with Gasteiger partial charge < -0.3 is 15.8 Å². The average Bonchev–Trinajstić information content (AvgIpc) is 3.07. The smallest absolute Gasteiger partial charge is 0.400 e. The summed E-state index contributed by atoms with van der Waals surface area (Å²) in [4.78, 5) is 1.76. The molecule has 0 radical (unpaired) electrons. The Bertz CT molecular complexity index is 290. The predicted octanol–water partition coefficient (Wildman–Crippen LogP) is 2.03. The van der Waals surface area contributed by atoms with Gasteiger partial charge in [-0.3, -0.25) is 0 Å². The molecule has 3 N–H and O–H groups in total. The summed E-state index contributed by atoms with van der Waals surface area (Å²) in [6, 6.07) is 0. The number of nitrogens with zero attached hydrogens (tertiary/aromatic N) is 2. The molecule has 1 saturated carbocycles. The van der Waals surface area contributed by atoms with Crippen molar-refractivity contribution in [2.45, 2.75) is 32.4 Å². The lowest BCUT2D eigenvalue weighted by Crippen LogP contribution is -2.45. The molecular formula is C11H20F3N3O. The van der Waals surface area contributed by atoms with Crippen LogP contribution in [0.25, 0.3) is 0 Å². The number of nitrogens with two attached hydrogens (primary N) is 1. The Labute approximate surface area is 105 Å².